The predicted octanol–water partition coefficient (Wildman–Crippen LogP) is 10.2. The van der Waals surface area contributed by atoms with Crippen molar-refractivity contribution in [2.24, 2.45) is 7.05 Å². The molecule has 9 rings (SSSR count). The second kappa shape index (κ2) is 9.18. The van der Waals surface area contributed by atoms with Crippen LogP contribution in [-0.4, -0.2) is 18.5 Å². The molecule has 246 valence electrons. The number of ether oxygens (including phenoxy) is 1. The summed E-state index contributed by atoms with van der Waals surface area (Å²) in [4.78, 5) is 5.09. The first-order chi connectivity index (χ1) is 22.6. The molecule has 0 atom stereocenters. The fourth-order valence-electron chi connectivity index (χ4n) is 8.80. The maximum Gasteiger partial charge on any atom is 0.0162 e. The number of hydrogen-bond donors (Lipinski definition) is 0. The van der Waals surface area contributed by atoms with Gasteiger partial charge in [-0.1, -0.05) is 39.8 Å². The summed E-state index contributed by atoms with van der Waals surface area (Å²) in [6.45, 7) is 21.2. The minimum absolute atomic E-state index is 0.0472. The second-order valence-electron chi connectivity index (χ2n) is 16.3. The molecule has 0 unspecified atom stereocenters. The SMILES string of the molecule is Cc1ccc2c3c1c1ccc(Oc4ccc5c(c4)-n4[c](=[Pt])n(C)c6cccc(c64)C(C)(C)C5(C)C)cc1c1ncc(n13)C(C)(C)C2(C)C. The molecule has 5 heterocycles. The minimum Gasteiger partial charge on any atom is -0.0548 e. The van der Waals surface area contributed by atoms with Gasteiger partial charge in [-0.3, -0.25) is 0 Å². The average molecular weight is 814 g/mol. The molecule has 0 aliphatic carbocycles. The number of hydrogen-bond acceptors (Lipinski definition) is 2. The maximum atomic E-state index is 6.79. The molecule has 0 saturated carbocycles. The number of fused-ring (bicyclic) bond motifs is 5. The second-order valence-corrected chi connectivity index (χ2v) is 17.3. The van der Waals surface area contributed by atoms with Crippen molar-refractivity contribution in [1.82, 2.24) is 18.5 Å². The number of aromatic nitrogens is 4. The van der Waals surface area contributed by atoms with Crippen LogP contribution in [0.4, 0.5) is 0 Å². The van der Waals surface area contributed by atoms with Crippen molar-refractivity contribution in [3.8, 4) is 17.2 Å². The third kappa shape index (κ3) is 3.41. The number of aryl methyl sites for hydroxylation is 2. The Bertz CT molecular complexity index is 2640. The van der Waals surface area contributed by atoms with Crippen molar-refractivity contribution in [3.05, 3.63) is 105 Å². The molecule has 0 saturated heterocycles. The minimum atomic E-state index is -0.131. The number of rotatable bonds is 2. The monoisotopic (exact) mass is 813 g/mol. The topological polar surface area (TPSA) is 36.4 Å². The summed E-state index contributed by atoms with van der Waals surface area (Å²) in [7, 11) is 2.16. The van der Waals surface area contributed by atoms with Gasteiger partial charge in [-0.2, -0.15) is 0 Å². The molecule has 7 aromatic rings. The summed E-state index contributed by atoms with van der Waals surface area (Å²) >= 11 is 2.48. The smallest absolute Gasteiger partial charge is 0.0162 e. The van der Waals surface area contributed by atoms with E-state index in [4.69, 9.17) is 9.72 Å². The molecular weight excluding hydrogens is 772 g/mol. The first-order valence-electron chi connectivity index (χ1n) is 17.0. The van der Waals surface area contributed by atoms with Gasteiger partial charge in [-0.15, -0.1) is 0 Å². The number of imidazole rings is 2. The van der Waals surface area contributed by atoms with Gasteiger partial charge in [0.15, 0.2) is 0 Å². The van der Waals surface area contributed by atoms with Crippen LogP contribution in [-0.2, 0) is 48.1 Å². The summed E-state index contributed by atoms with van der Waals surface area (Å²) in [5.74, 6) is 1.63. The molecule has 5 nitrogen and oxygen atoms in total. The molecule has 2 aliphatic rings. The van der Waals surface area contributed by atoms with Crippen LogP contribution >= 0.6 is 0 Å². The van der Waals surface area contributed by atoms with Crippen LogP contribution in [0.15, 0.2) is 72.9 Å². The van der Waals surface area contributed by atoms with E-state index in [0.717, 1.165) is 22.5 Å². The van der Waals surface area contributed by atoms with Crippen molar-refractivity contribution in [2.75, 3.05) is 0 Å². The Morgan fingerprint density at radius 3 is 2.10 bits per heavy atom. The van der Waals surface area contributed by atoms with Crippen LogP contribution in [0.1, 0.15) is 83.3 Å². The molecule has 0 N–H and O–H groups in total. The Hall–Kier alpha value is -3.95. The molecule has 0 fully saturated rings. The van der Waals surface area contributed by atoms with E-state index in [1.165, 1.54) is 64.8 Å². The standard InChI is InChI=1S/C42H42N4O.Pt/c1-24-14-18-31-37-35(24)27-17-15-25(20-28(27)38-43-22-34(46(37)38)42(8,9)41(31,6)7)47-26-16-19-29-33(21-26)45-23-44(10)32-13-11-12-30(36(32)45)40(4,5)39(29,2)3;/h11-22H,1-10H3;. The van der Waals surface area contributed by atoms with Gasteiger partial charge < -0.3 is 0 Å². The van der Waals surface area contributed by atoms with E-state index in [0.29, 0.717) is 0 Å². The summed E-state index contributed by atoms with van der Waals surface area (Å²) in [6.07, 6.45) is 2.10. The Labute approximate surface area is 292 Å². The Kier molecular flexibility index (Phi) is 5.76. The Balaban J connectivity index is 1.26. The van der Waals surface area contributed by atoms with E-state index in [9.17, 15) is 0 Å². The van der Waals surface area contributed by atoms with Gasteiger partial charge in [0.2, 0.25) is 0 Å². The molecule has 3 aromatic heterocycles. The zero-order chi connectivity index (χ0) is 33.9. The van der Waals surface area contributed by atoms with E-state index in [-0.39, 0.29) is 21.7 Å². The molecule has 4 aromatic carbocycles. The van der Waals surface area contributed by atoms with Crippen molar-refractivity contribution >= 4 is 38.4 Å². The van der Waals surface area contributed by atoms with Crippen LogP contribution in [0.25, 0.3) is 44.0 Å². The number of nitrogens with zero attached hydrogens (tertiary/aromatic N) is 4. The average Bonchev–Trinajstić information content (AvgIpc) is 3.59. The number of pyridine rings is 1. The van der Waals surface area contributed by atoms with Gasteiger partial charge in [0, 0.05) is 10.8 Å². The van der Waals surface area contributed by atoms with Crippen molar-refractivity contribution < 1.29 is 24.1 Å². The molecule has 0 radical (unpaired) electrons. The molecule has 48 heavy (non-hydrogen) atoms. The molecule has 0 spiro atoms. The maximum absolute atomic E-state index is 6.79. The molecule has 2 aliphatic heterocycles. The quantitative estimate of drug-likeness (QED) is 0.163. The van der Waals surface area contributed by atoms with Crippen LogP contribution in [0.3, 0.4) is 0 Å². The zero-order valence-corrected chi connectivity index (χ0v) is 31.7. The van der Waals surface area contributed by atoms with Gasteiger partial charge in [0.1, 0.15) is 0 Å². The summed E-state index contributed by atoms with van der Waals surface area (Å²) in [6, 6.07) is 24.6. The largest absolute Gasteiger partial charge is 0.0548 e. The van der Waals surface area contributed by atoms with Crippen LogP contribution in [0.5, 0.6) is 11.5 Å². The first-order valence-corrected chi connectivity index (χ1v) is 18.1. The van der Waals surface area contributed by atoms with Gasteiger partial charge in [-0.05, 0) is 12.5 Å². The van der Waals surface area contributed by atoms with Crippen LogP contribution in [0, 0.1) is 10.7 Å². The summed E-state index contributed by atoms with van der Waals surface area (Å²) in [5.41, 5.74) is 12.2. The first kappa shape index (κ1) is 30.1. The molecular formula is C42H42N4OPt. The third-order valence-corrected chi connectivity index (χ3v) is 14.4. The van der Waals surface area contributed by atoms with Crippen LogP contribution < -0.4 is 4.74 Å². The van der Waals surface area contributed by atoms with Gasteiger partial charge in [-0.25, -0.2) is 0 Å². The van der Waals surface area contributed by atoms with E-state index in [1.54, 1.807) is 0 Å². The van der Waals surface area contributed by atoms with Crippen molar-refractivity contribution in [3.63, 3.8) is 0 Å². The fourth-order valence-corrected chi connectivity index (χ4v) is 9.60. The zero-order valence-electron chi connectivity index (χ0n) is 29.4. The molecule has 0 bridgehead atoms. The van der Waals surface area contributed by atoms with E-state index < -0.39 is 0 Å². The van der Waals surface area contributed by atoms with E-state index >= 15 is 0 Å². The molecule has 0 amide bonds. The Morgan fingerprint density at radius 1 is 0.688 bits per heavy atom. The van der Waals surface area contributed by atoms with Crippen molar-refractivity contribution in [2.45, 2.75) is 84.0 Å². The summed E-state index contributed by atoms with van der Waals surface area (Å²) in [5, 5.41) is 3.63. The number of para-hydroxylation sites is 1. The predicted molar refractivity (Wildman–Crippen MR) is 193 cm³/mol. The van der Waals surface area contributed by atoms with Gasteiger partial charge in [0.25, 0.3) is 0 Å². The molecule has 6 heteroatoms. The van der Waals surface area contributed by atoms with E-state index in [2.05, 4.69) is 175 Å². The summed E-state index contributed by atoms with van der Waals surface area (Å²) < 4.78 is 15.1. The van der Waals surface area contributed by atoms with Gasteiger partial charge in [0.05, 0.1) is 0 Å². The third-order valence-electron chi connectivity index (χ3n) is 13.1. The van der Waals surface area contributed by atoms with E-state index in [1.807, 2.05) is 0 Å². The fraction of sp³-hybridized carbons (Fsp3) is 0.333. The normalized spacial score (nSPS) is 18.2. The number of benzene rings is 4. The van der Waals surface area contributed by atoms with Crippen molar-refractivity contribution in [1.29, 1.82) is 0 Å². The van der Waals surface area contributed by atoms with Gasteiger partial charge >= 0.3 is 231 Å². The van der Waals surface area contributed by atoms with Crippen LogP contribution in [0.2, 0.25) is 0 Å². The Morgan fingerprint density at radius 2 is 1.33 bits per heavy atom.